The van der Waals surface area contributed by atoms with Crippen LogP contribution in [-0.2, 0) is 14.4 Å². The summed E-state index contributed by atoms with van der Waals surface area (Å²) in [4.78, 5) is 25.9. The number of morpholine rings is 1. The van der Waals surface area contributed by atoms with Crippen molar-refractivity contribution < 1.29 is 14.4 Å². The minimum absolute atomic E-state index is 0.107. The fraction of sp³-hybridized carbons (Fsp3) is 0.455. The molecule has 19 heavy (non-hydrogen) atoms. The zero-order valence-electron chi connectivity index (χ0n) is 10.4. The number of anilines is 1. The molecule has 8 nitrogen and oxygen atoms in total. The molecule has 1 saturated heterocycles. The molecule has 0 aromatic carbocycles. The second-order valence-corrected chi connectivity index (χ2v) is 3.86. The van der Waals surface area contributed by atoms with Gasteiger partial charge in [-0.15, -0.1) is 0 Å². The lowest BCUT2D eigenvalue weighted by Crippen LogP contribution is -2.42. The van der Waals surface area contributed by atoms with Crippen LogP contribution in [0.4, 0.5) is 5.82 Å². The van der Waals surface area contributed by atoms with Gasteiger partial charge >= 0.3 is 0 Å². The van der Waals surface area contributed by atoms with Gasteiger partial charge in [-0.05, 0) is 0 Å². The highest BCUT2D eigenvalue weighted by Crippen LogP contribution is 2.01. The Morgan fingerprint density at radius 2 is 2.37 bits per heavy atom. The van der Waals surface area contributed by atoms with Crippen LogP contribution in [0.25, 0.3) is 0 Å². The van der Waals surface area contributed by atoms with E-state index in [-0.39, 0.29) is 12.5 Å². The number of hydrogen-bond acceptors (Lipinski definition) is 7. The standard InChI is InChI=1S/C11H15N5O3/c12-11-9(5-13-8-14-11)6-15-19-7-10(17)16-1-3-18-4-2-16/h5-6,8H,1-4,7H2,(H2,12,13,14). The predicted molar refractivity (Wildman–Crippen MR) is 67.4 cm³/mol. The van der Waals surface area contributed by atoms with Crippen molar-refractivity contribution in [3.63, 3.8) is 0 Å². The van der Waals surface area contributed by atoms with Crippen LogP contribution in [0.3, 0.4) is 0 Å². The van der Waals surface area contributed by atoms with Crippen molar-refractivity contribution in [1.82, 2.24) is 14.9 Å². The first-order valence-electron chi connectivity index (χ1n) is 5.83. The maximum absolute atomic E-state index is 11.7. The Bertz CT molecular complexity index is 459. The highest BCUT2D eigenvalue weighted by molar-refractivity contribution is 5.84. The van der Waals surface area contributed by atoms with Gasteiger partial charge in [-0.2, -0.15) is 0 Å². The Kier molecular flexibility index (Phi) is 4.62. The van der Waals surface area contributed by atoms with Gasteiger partial charge in [0.15, 0.2) is 6.61 Å². The molecule has 1 aliphatic heterocycles. The highest BCUT2D eigenvalue weighted by atomic mass is 16.6. The molecule has 0 aliphatic carbocycles. The van der Waals surface area contributed by atoms with E-state index in [4.69, 9.17) is 15.3 Å². The molecule has 1 aromatic heterocycles. The van der Waals surface area contributed by atoms with E-state index in [0.29, 0.717) is 37.7 Å². The fourth-order valence-electron chi connectivity index (χ4n) is 1.54. The number of ether oxygens (including phenoxy) is 1. The maximum atomic E-state index is 11.7. The van der Waals surface area contributed by atoms with Crippen molar-refractivity contribution in [2.24, 2.45) is 5.16 Å². The third kappa shape index (κ3) is 3.88. The van der Waals surface area contributed by atoms with Crippen LogP contribution in [0.1, 0.15) is 5.56 Å². The molecule has 2 N–H and O–H groups in total. The molecule has 1 aliphatic rings. The Labute approximate surface area is 110 Å². The zero-order chi connectivity index (χ0) is 13.5. The molecular formula is C11H15N5O3. The lowest BCUT2D eigenvalue weighted by molar-refractivity contribution is -0.140. The Morgan fingerprint density at radius 1 is 1.58 bits per heavy atom. The van der Waals surface area contributed by atoms with Crippen LogP contribution in [0.5, 0.6) is 0 Å². The first-order chi connectivity index (χ1) is 9.27. The average Bonchev–Trinajstić information content (AvgIpc) is 2.46. The number of nitrogen functional groups attached to an aromatic ring is 1. The molecule has 0 bridgehead atoms. The van der Waals surface area contributed by atoms with E-state index < -0.39 is 0 Å². The predicted octanol–water partition coefficient (Wildman–Crippen LogP) is -0.732. The van der Waals surface area contributed by atoms with Crippen molar-refractivity contribution in [3.8, 4) is 0 Å². The lowest BCUT2D eigenvalue weighted by atomic mass is 10.3. The summed E-state index contributed by atoms with van der Waals surface area (Å²) in [6.07, 6.45) is 4.23. The fourth-order valence-corrected chi connectivity index (χ4v) is 1.54. The minimum atomic E-state index is -0.113. The second-order valence-electron chi connectivity index (χ2n) is 3.86. The van der Waals surface area contributed by atoms with E-state index in [2.05, 4.69) is 15.1 Å². The van der Waals surface area contributed by atoms with Crippen molar-refractivity contribution in [2.75, 3.05) is 38.6 Å². The van der Waals surface area contributed by atoms with Crippen LogP contribution in [-0.4, -0.2) is 59.9 Å². The summed E-state index contributed by atoms with van der Waals surface area (Å²) in [5, 5.41) is 3.67. The van der Waals surface area contributed by atoms with E-state index in [1.54, 1.807) is 4.90 Å². The van der Waals surface area contributed by atoms with Crippen molar-refractivity contribution in [2.45, 2.75) is 0 Å². The van der Waals surface area contributed by atoms with E-state index in [9.17, 15) is 4.79 Å². The number of nitrogens with two attached hydrogens (primary N) is 1. The van der Waals surface area contributed by atoms with E-state index in [1.165, 1.54) is 18.7 Å². The molecule has 1 amide bonds. The number of carbonyl (C=O) groups excluding carboxylic acids is 1. The van der Waals surface area contributed by atoms with Gasteiger partial charge in [-0.3, -0.25) is 4.79 Å². The highest BCUT2D eigenvalue weighted by Gasteiger charge is 2.16. The van der Waals surface area contributed by atoms with Crippen molar-refractivity contribution >= 4 is 17.9 Å². The minimum Gasteiger partial charge on any atom is -0.386 e. The largest absolute Gasteiger partial charge is 0.386 e. The molecule has 1 fully saturated rings. The molecule has 0 atom stereocenters. The first-order valence-corrected chi connectivity index (χ1v) is 5.83. The van der Waals surface area contributed by atoms with Gasteiger partial charge in [-0.25, -0.2) is 9.97 Å². The molecule has 102 valence electrons. The molecule has 0 spiro atoms. The van der Waals surface area contributed by atoms with Gasteiger partial charge in [0.2, 0.25) is 0 Å². The van der Waals surface area contributed by atoms with Gasteiger partial charge in [0, 0.05) is 19.3 Å². The summed E-state index contributed by atoms with van der Waals surface area (Å²) >= 11 is 0. The Balaban J connectivity index is 1.77. The summed E-state index contributed by atoms with van der Waals surface area (Å²) in [6, 6.07) is 0. The van der Waals surface area contributed by atoms with Gasteiger partial charge < -0.3 is 20.2 Å². The number of oxime groups is 1. The second kappa shape index (κ2) is 6.64. The Hall–Kier alpha value is -2.22. The number of aromatic nitrogens is 2. The number of amides is 1. The van der Waals surface area contributed by atoms with E-state index in [1.807, 2.05) is 0 Å². The first kappa shape index (κ1) is 13.2. The quantitative estimate of drug-likeness (QED) is 0.568. The van der Waals surface area contributed by atoms with Crippen LogP contribution >= 0.6 is 0 Å². The average molecular weight is 265 g/mol. The van der Waals surface area contributed by atoms with Crippen LogP contribution in [0.15, 0.2) is 17.7 Å². The van der Waals surface area contributed by atoms with Crippen molar-refractivity contribution in [1.29, 1.82) is 0 Å². The third-order valence-corrected chi connectivity index (χ3v) is 2.59. The van der Waals surface area contributed by atoms with Gasteiger partial charge in [-0.1, -0.05) is 5.16 Å². The van der Waals surface area contributed by atoms with Gasteiger partial charge in [0.25, 0.3) is 5.91 Å². The number of rotatable bonds is 4. The molecule has 0 radical (unpaired) electrons. The Morgan fingerprint density at radius 3 is 3.11 bits per heavy atom. The summed E-state index contributed by atoms with van der Waals surface area (Å²) < 4.78 is 5.15. The van der Waals surface area contributed by atoms with Crippen LogP contribution < -0.4 is 5.73 Å². The molecule has 2 heterocycles. The summed E-state index contributed by atoms with van der Waals surface area (Å²) in [5.41, 5.74) is 6.14. The molecule has 2 rings (SSSR count). The number of carbonyl (C=O) groups is 1. The van der Waals surface area contributed by atoms with E-state index >= 15 is 0 Å². The van der Waals surface area contributed by atoms with Crippen LogP contribution in [0.2, 0.25) is 0 Å². The number of nitrogens with zero attached hydrogens (tertiary/aromatic N) is 4. The molecule has 0 unspecified atom stereocenters. The maximum Gasteiger partial charge on any atom is 0.263 e. The molecular weight excluding hydrogens is 250 g/mol. The lowest BCUT2D eigenvalue weighted by Gasteiger charge is -2.26. The topological polar surface area (TPSA) is 103 Å². The zero-order valence-corrected chi connectivity index (χ0v) is 10.4. The summed E-state index contributed by atoms with van der Waals surface area (Å²) in [5.74, 6) is 0.194. The van der Waals surface area contributed by atoms with Crippen molar-refractivity contribution in [3.05, 3.63) is 18.1 Å². The summed E-state index contributed by atoms with van der Waals surface area (Å²) in [7, 11) is 0. The summed E-state index contributed by atoms with van der Waals surface area (Å²) in [6.45, 7) is 2.20. The number of hydrogen-bond donors (Lipinski definition) is 1. The molecule has 8 heteroatoms. The molecule has 1 aromatic rings. The SMILES string of the molecule is Nc1ncncc1C=NOCC(=O)N1CCOCC1. The van der Waals surface area contributed by atoms with Gasteiger partial charge in [0.05, 0.1) is 25.0 Å². The van der Waals surface area contributed by atoms with Crippen LogP contribution in [0, 0.1) is 0 Å². The molecule has 0 saturated carbocycles. The third-order valence-electron chi connectivity index (χ3n) is 2.59. The normalized spacial score (nSPS) is 15.7. The van der Waals surface area contributed by atoms with Gasteiger partial charge in [0.1, 0.15) is 12.1 Å². The monoisotopic (exact) mass is 265 g/mol. The smallest absolute Gasteiger partial charge is 0.263 e. The van der Waals surface area contributed by atoms with E-state index in [0.717, 1.165) is 0 Å².